The summed E-state index contributed by atoms with van der Waals surface area (Å²) in [5.41, 5.74) is 5.18. The number of β-amino-alcohol motifs (C(OH)–C–C–N with tert-alkyl or cyclic N) is 1. The summed E-state index contributed by atoms with van der Waals surface area (Å²) in [7, 11) is 0. The van der Waals surface area contributed by atoms with Gasteiger partial charge < -0.3 is 54.4 Å². The lowest BCUT2D eigenvalue weighted by atomic mass is 9.85. The van der Waals surface area contributed by atoms with E-state index in [-0.39, 0.29) is 67.6 Å². The quantitative estimate of drug-likeness (QED) is 0.0381. The van der Waals surface area contributed by atoms with Gasteiger partial charge in [0.1, 0.15) is 18.1 Å². The number of hydrogen-bond acceptors (Lipinski definition) is 17. The minimum atomic E-state index is -0.995. The zero-order valence-electron chi connectivity index (χ0n) is 46.3. The van der Waals surface area contributed by atoms with Gasteiger partial charge in [0.25, 0.3) is 11.8 Å². The smallest absolute Gasteiger partial charge is 0.264 e. The van der Waals surface area contributed by atoms with Crippen LogP contribution in [0.1, 0.15) is 123 Å². The fourth-order valence-corrected chi connectivity index (χ4v) is 10.3. The Labute approximate surface area is 467 Å². The van der Waals surface area contributed by atoms with Crippen LogP contribution in [-0.4, -0.2) is 178 Å². The number of rotatable bonds is 36. The number of nitrogens with one attached hydrogen (secondary N) is 4. The number of amides is 7. The third-order valence-electron chi connectivity index (χ3n) is 13.8. The molecule has 6 rings (SSSR count). The minimum Gasteiger partial charge on any atom is -0.391 e. The van der Waals surface area contributed by atoms with E-state index in [0.717, 1.165) is 65.1 Å². The van der Waals surface area contributed by atoms with Gasteiger partial charge in [0.05, 0.1) is 99.4 Å². The maximum atomic E-state index is 14.0. The van der Waals surface area contributed by atoms with Crippen LogP contribution in [0.15, 0.2) is 48.0 Å². The van der Waals surface area contributed by atoms with Crippen molar-refractivity contribution in [2.45, 2.75) is 129 Å². The lowest BCUT2D eigenvalue weighted by Crippen LogP contribution is -2.57. The van der Waals surface area contributed by atoms with Crippen molar-refractivity contribution in [1.29, 1.82) is 0 Å². The van der Waals surface area contributed by atoms with Gasteiger partial charge in [0, 0.05) is 57.8 Å². The van der Waals surface area contributed by atoms with E-state index in [1.807, 2.05) is 57.5 Å². The Morgan fingerprint density at radius 2 is 1.37 bits per heavy atom. The highest BCUT2D eigenvalue weighted by Gasteiger charge is 2.46. The number of benzene rings is 2. The molecule has 3 aliphatic rings. The number of likely N-dealkylation sites (tertiary alicyclic amines) is 1. The van der Waals surface area contributed by atoms with E-state index in [4.69, 9.17) is 28.4 Å². The highest BCUT2D eigenvalue weighted by Crippen LogP contribution is 2.33. The molecule has 79 heavy (non-hydrogen) atoms. The van der Waals surface area contributed by atoms with Crippen LogP contribution in [0.5, 0.6) is 0 Å². The van der Waals surface area contributed by atoms with Crippen molar-refractivity contribution in [2.24, 2.45) is 5.41 Å². The van der Waals surface area contributed by atoms with Crippen LogP contribution in [0.25, 0.3) is 10.4 Å². The van der Waals surface area contributed by atoms with Crippen LogP contribution in [0.2, 0.25) is 0 Å². The molecule has 0 spiro atoms. The first-order valence-electron chi connectivity index (χ1n) is 27.7. The third-order valence-corrected chi connectivity index (χ3v) is 14.7. The molecule has 434 valence electrons. The van der Waals surface area contributed by atoms with Gasteiger partial charge in [-0.3, -0.25) is 43.8 Å². The first kappa shape index (κ1) is 62.5. The predicted molar refractivity (Wildman–Crippen MR) is 295 cm³/mol. The zero-order chi connectivity index (χ0) is 56.6. The summed E-state index contributed by atoms with van der Waals surface area (Å²) in [6, 6.07) is 10.2. The van der Waals surface area contributed by atoms with E-state index in [1.165, 1.54) is 4.90 Å². The molecule has 22 heteroatoms. The molecule has 3 aliphatic heterocycles. The van der Waals surface area contributed by atoms with Gasteiger partial charge >= 0.3 is 0 Å². The number of aliphatic hydroxyl groups excluding tert-OH is 1. The van der Waals surface area contributed by atoms with Crippen molar-refractivity contribution in [2.75, 3.05) is 97.7 Å². The standard InChI is InChI=1S/C57H81N7O14S/c1-39-50(79-38-60-39)41-18-16-40(17-19-41)36-59-52(68)46-35-42(65)37-63(46)56(72)51(57(2,3)4)61-47(66)15-8-7-11-24-74-26-28-76-30-32-78-34-33-77-31-29-75-27-25-73-23-10-6-5-9-22-58-44-14-12-13-43-49(44)55(71)64(54(43)70)45-20-21-48(67)62-53(45)69/h12-14,16-19,38,42,45-46,51,58,65H,5-11,15,20-37H2,1-4H3,(H,59,68)(H,61,66)(H,62,67,69). The van der Waals surface area contributed by atoms with Gasteiger partial charge in [-0.05, 0) is 67.7 Å². The fourth-order valence-electron chi connectivity index (χ4n) is 9.45. The number of nitrogens with zero attached hydrogens (tertiary/aromatic N) is 3. The molecule has 4 unspecified atom stereocenters. The second kappa shape index (κ2) is 32.5. The molecule has 21 nitrogen and oxygen atoms in total. The molecular formula is C57H81N7O14S. The number of thiazole rings is 1. The Kier molecular flexibility index (Phi) is 25.7. The first-order chi connectivity index (χ1) is 38.1. The normalized spacial score (nSPS) is 17.8. The summed E-state index contributed by atoms with van der Waals surface area (Å²) >= 11 is 1.58. The van der Waals surface area contributed by atoms with Crippen LogP contribution in [0.4, 0.5) is 5.69 Å². The van der Waals surface area contributed by atoms with Crippen molar-refractivity contribution < 1.29 is 67.1 Å². The highest BCUT2D eigenvalue weighted by molar-refractivity contribution is 7.13. The summed E-state index contributed by atoms with van der Waals surface area (Å²) in [4.78, 5) is 98.5. The summed E-state index contributed by atoms with van der Waals surface area (Å²) in [5.74, 6) is -3.06. The maximum Gasteiger partial charge on any atom is 0.264 e. The zero-order valence-corrected chi connectivity index (χ0v) is 47.1. The lowest BCUT2D eigenvalue weighted by Gasteiger charge is -2.35. The largest absolute Gasteiger partial charge is 0.391 e. The van der Waals surface area contributed by atoms with Crippen molar-refractivity contribution >= 4 is 58.4 Å². The maximum absolute atomic E-state index is 14.0. The van der Waals surface area contributed by atoms with Crippen LogP contribution in [0, 0.1) is 12.3 Å². The van der Waals surface area contributed by atoms with Crippen molar-refractivity contribution in [3.63, 3.8) is 0 Å². The number of aromatic nitrogens is 1. The molecule has 5 N–H and O–H groups in total. The molecule has 4 heterocycles. The second-order valence-corrected chi connectivity index (χ2v) is 21.8. The van der Waals surface area contributed by atoms with Crippen LogP contribution in [0.3, 0.4) is 0 Å². The van der Waals surface area contributed by atoms with Gasteiger partial charge in [-0.1, -0.05) is 70.4 Å². The molecule has 2 saturated heterocycles. The van der Waals surface area contributed by atoms with Crippen molar-refractivity contribution in [1.82, 2.24) is 30.7 Å². The number of piperidine rings is 1. The Bertz CT molecular complexity index is 2470. The van der Waals surface area contributed by atoms with Gasteiger partial charge in [0.2, 0.25) is 29.5 Å². The van der Waals surface area contributed by atoms with E-state index >= 15 is 0 Å². The average molecular weight is 1120 g/mol. The Morgan fingerprint density at radius 1 is 0.772 bits per heavy atom. The van der Waals surface area contributed by atoms with Crippen LogP contribution < -0.4 is 21.3 Å². The number of aliphatic hydroxyl groups is 1. The van der Waals surface area contributed by atoms with E-state index in [0.29, 0.717) is 97.9 Å². The summed E-state index contributed by atoms with van der Waals surface area (Å²) < 4.78 is 33.7. The van der Waals surface area contributed by atoms with Gasteiger partial charge in [0.15, 0.2) is 0 Å². The lowest BCUT2D eigenvalue weighted by molar-refractivity contribution is -0.144. The molecule has 3 aromatic rings. The fraction of sp³-hybridized carbons (Fsp3) is 0.614. The molecule has 1 aromatic heterocycles. The molecule has 0 saturated carbocycles. The monoisotopic (exact) mass is 1120 g/mol. The van der Waals surface area contributed by atoms with E-state index in [2.05, 4.69) is 26.3 Å². The summed E-state index contributed by atoms with van der Waals surface area (Å²) in [5, 5.41) is 21.9. The molecular weight excluding hydrogens is 1040 g/mol. The molecule has 4 atom stereocenters. The molecule has 0 bridgehead atoms. The SMILES string of the molecule is Cc1ncsc1-c1ccc(CNC(=O)C2CC(O)CN2C(=O)C(NC(=O)CCCCCOCCOCCOCCOCCOCCOCCCCCCNc2cccc3c2C(=O)N(C2CCC(=O)NC2=O)C3=O)C(C)(C)C)cc1. The summed E-state index contributed by atoms with van der Waals surface area (Å²) in [6.07, 6.45) is 5.57. The second-order valence-electron chi connectivity index (χ2n) is 20.9. The Balaban J connectivity index is 0.684. The molecule has 0 aliphatic carbocycles. The summed E-state index contributed by atoms with van der Waals surface area (Å²) in [6.45, 7) is 14.2. The number of imide groups is 2. The first-order valence-corrected chi connectivity index (χ1v) is 28.6. The van der Waals surface area contributed by atoms with E-state index in [9.17, 15) is 38.7 Å². The number of anilines is 1. The topological polar surface area (TPSA) is 263 Å². The van der Waals surface area contributed by atoms with E-state index in [1.54, 1.807) is 29.5 Å². The van der Waals surface area contributed by atoms with E-state index < -0.39 is 53.3 Å². The number of carbonyl (C=O) groups is 7. The highest BCUT2D eigenvalue weighted by atomic mass is 32.1. The molecule has 2 fully saturated rings. The third kappa shape index (κ3) is 19.5. The molecule has 7 amide bonds. The average Bonchev–Trinajstić information content (AvgIpc) is 4.22. The molecule has 0 radical (unpaired) electrons. The van der Waals surface area contributed by atoms with Crippen molar-refractivity contribution in [3.8, 4) is 10.4 Å². The van der Waals surface area contributed by atoms with Crippen LogP contribution >= 0.6 is 11.3 Å². The van der Waals surface area contributed by atoms with Gasteiger partial charge in [-0.15, -0.1) is 11.3 Å². The predicted octanol–water partition coefficient (Wildman–Crippen LogP) is 4.96. The molecule has 2 aromatic carbocycles. The number of hydrogen-bond donors (Lipinski definition) is 5. The number of carbonyl (C=O) groups excluding carboxylic acids is 7. The number of fused-ring (bicyclic) bond motifs is 1. The van der Waals surface area contributed by atoms with Crippen molar-refractivity contribution in [3.05, 3.63) is 70.4 Å². The Hall–Kier alpha value is -5.72. The Morgan fingerprint density at radius 3 is 1.95 bits per heavy atom. The number of unbranched alkanes of at least 4 members (excludes halogenated alkanes) is 5. The van der Waals surface area contributed by atoms with Gasteiger partial charge in [-0.2, -0.15) is 0 Å². The van der Waals surface area contributed by atoms with Gasteiger partial charge in [-0.25, -0.2) is 4.98 Å². The number of ether oxygens (including phenoxy) is 6. The minimum absolute atomic E-state index is 0.0147. The van der Waals surface area contributed by atoms with Crippen LogP contribution in [-0.2, 0) is 58.9 Å². The number of aryl methyl sites for hydroxylation is 1.